The summed E-state index contributed by atoms with van der Waals surface area (Å²) in [6, 6.07) is 20.1. The molecule has 44 heavy (non-hydrogen) atoms. The van der Waals surface area contributed by atoms with Crippen LogP contribution in [0.4, 0.5) is 0 Å². The van der Waals surface area contributed by atoms with Gasteiger partial charge in [0.15, 0.2) is 11.4 Å². The number of benzene rings is 3. The Bertz CT molecular complexity index is 1820. The van der Waals surface area contributed by atoms with E-state index in [0.717, 1.165) is 8.95 Å². The van der Waals surface area contributed by atoms with Crippen LogP contribution in [0.5, 0.6) is 0 Å². The van der Waals surface area contributed by atoms with Gasteiger partial charge in [0, 0.05) is 19.9 Å². The zero-order chi connectivity index (χ0) is 31.5. The zero-order valence-electron chi connectivity index (χ0n) is 23.4. The Hall–Kier alpha value is -4.13. The van der Waals surface area contributed by atoms with Crippen molar-refractivity contribution < 1.29 is 19.1 Å². The average Bonchev–Trinajstić information content (AvgIpc) is 3.53. The van der Waals surface area contributed by atoms with Gasteiger partial charge < -0.3 is 9.47 Å². The van der Waals surface area contributed by atoms with Gasteiger partial charge in [0.1, 0.15) is 0 Å². The van der Waals surface area contributed by atoms with Crippen molar-refractivity contribution in [2.45, 2.75) is 19.8 Å². The van der Waals surface area contributed by atoms with Gasteiger partial charge in [-0.05, 0) is 80.1 Å². The average molecular weight is 745 g/mol. The van der Waals surface area contributed by atoms with Crippen molar-refractivity contribution in [1.29, 1.82) is 0 Å². The van der Waals surface area contributed by atoms with Crippen LogP contribution < -0.4 is 11.1 Å². The summed E-state index contributed by atoms with van der Waals surface area (Å²) in [6.07, 6.45) is 0. The predicted molar refractivity (Wildman–Crippen MR) is 172 cm³/mol. The fourth-order valence-corrected chi connectivity index (χ4v) is 5.49. The highest BCUT2D eigenvalue weighted by Gasteiger charge is 2.37. The monoisotopic (exact) mass is 742 g/mol. The maximum atomic E-state index is 14.3. The third-order valence-electron chi connectivity index (χ3n) is 6.76. The minimum atomic E-state index is -1.23. The maximum absolute atomic E-state index is 14.3. The molecule has 0 atom stereocenters. The summed E-state index contributed by atoms with van der Waals surface area (Å²) in [7, 11) is 0. The highest BCUT2D eigenvalue weighted by Crippen LogP contribution is 2.34. The first-order valence-corrected chi connectivity index (χ1v) is 15.4. The van der Waals surface area contributed by atoms with E-state index in [2.05, 4.69) is 42.1 Å². The van der Waals surface area contributed by atoms with Crippen LogP contribution in [0.3, 0.4) is 0 Å². The number of rotatable bonds is 9. The van der Waals surface area contributed by atoms with Crippen LogP contribution in [-0.2, 0) is 9.47 Å². The Morgan fingerprint density at radius 3 is 1.45 bits per heavy atom. The number of ether oxygens (including phenoxy) is 2. The lowest BCUT2D eigenvalue weighted by atomic mass is 9.85. The van der Waals surface area contributed by atoms with Crippen LogP contribution in [0, 0.1) is 0 Å². The van der Waals surface area contributed by atoms with Gasteiger partial charge in [-0.3, -0.25) is 19.8 Å². The molecule has 0 aliphatic heterocycles. The molecule has 2 heterocycles. The Labute approximate surface area is 272 Å². The second-order valence-corrected chi connectivity index (χ2v) is 11.7. The van der Waals surface area contributed by atoms with Crippen molar-refractivity contribution in [3.63, 3.8) is 0 Å². The molecule has 0 saturated carbocycles. The molecule has 5 rings (SSSR count). The minimum Gasteiger partial charge on any atom is -0.461 e. The number of halogens is 3. The standard InChI is InChI=1S/C31H25Br2ClN4O6/c1-3-43-30(41)26-24(28(39)37(35-26)21-13-7-18(32)8-14-21)23(17-5-11-20(34)12-6-17)25-27(31(42)44-4-2)36-38(29(25)40)22-15-9-19(33)10-16-22/h5-16,23,35-36H,3-4H2,1-2H3. The zero-order valence-corrected chi connectivity index (χ0v) is 27.3. The van der Waals surface area contributed by atoms with Gasteiger partial charge in [-0.1, -0.05) is 55.6 Å². The second-order valence-electron chi connectivity index (χ2n) is 9.46. The first kappa shape index (κ1) is 31.3. The summed E-state index contributed by atoms with van der Waals surface area (Å²) < 4.78 is 14.6. The van der Waals surface area contributed by atoms with Crippen molar-refractivity contribution in [1.82, 2.24) is 19.6 Å². The Balaban J connectivity index is 1.87. The molecular weight excluding hydrogens is 720 g/mol. The molecule has 13 heteroatoms. The van der Waals surface area contributed by atoms with Crippen LogP contribution in [-0.4, -0.2) is 44.7 Å². The van der Waals surface area contributed by atoms with Crippen LogP contribution in [0.1, 0.15) is 57.4 Å². The summed E-state index contributed by atoms with van der Waals surface area (Å²) in [5.41, 5.74) is -0.522. The molecule has 2 N–H and O–H groups in total. The number of H-pyrrole nitrogens is 2. The highest BCUT2D eigenvalue weighted by molar-refractivity contribution is 9.10. The topological polar surface area (TPSA) is 128 Å². The summed E-state index contributed by atoms with van der Waals surface area (Å²) in [6.45, 7) is 3.34. The van der Waals surface area contributed by atoms with Crippen molar-refractivity contribution in [3.8, 4) is 11.4 Å². The molecule has 3 aromatic carbocycles. The van der Waals surface area contributed by atoms with E-state index in [4.69, 9.17) is 21.1 Å². The number of aromatic amines is 2. The SMILES string of the molecule is CCOC(=O)c1[nH]n(-c2ccc(Br)cc2)c(=O)c1C(c1ccc(Cl)cc1)c1c(C(=O)OCC)[nH]n(-c2ccc(Br)cc2)c1=O. The van der Waals surface area contributed by atoms with Crippen LogP contribution >= 0.6 is 43.5 Å². The van der Waals surface area contributed by atoms with Gasteiger partial charge in [-0.15, -0.1) is 0 Å². The molecule has 0 unspecified atom stereocenters. The molecule has 0 aliphatic rings. The molecule has 10 nitrogen and oxygen atoms in total. The fourth-order valence-electron chi connectivity index (χ4n) is 4.83. The number of hydrogen-bond donors (Lipinski definition) is 2. The molecule has 0 saturated heterocycles. The van der Waals surface area contributed by atoms with E-state index >= 15 is 0 Å². The lowest BCUT2D eigenvalue weighted by molar-refractivity contribution is 0.0510. The van der Waals surface area contributed by atoms with Crippen molar-refractivity contribution in [2.75, 3.05) is 13.2 Å². The van der Waals surface area contributed by atoms with E-state index in [1.165, 1.54) is 9.36 Å². The Morgan fingerprint density at radius 2 is 1.09 bits per heavy atom. The van der Waals surface area contributed by atoms with Gasteiger partial charge in [-0.2, -0.15) is 0 Å². The fraction of sp³-hybridized carbons (Fsp3) is 0.161. The third kappa shape index (κ3) is 6.10. The number of nitrogens with one attached hydrogen (secondary N) is 2. The maximum Gasteiger partial charge on any atom is 0.356 e. The number of hydrogen-bond acceptors (Lipinski definition) is 6. The number of carbonyl (C=O) groups excluding carboxylic acids is 2. The highest BCUT2D eigenvalue weighted by atomic mass is 79.9. The van der Waals surface area contributed by atoms with Gasteiger partial charge in [0.2, 0.25) is 0 Å². The molecule has 0 amide bonds. The van der Waals surface area contributed by atoms with Crippen molar-refractivity contribution >= 4 is 55.4 Å². The van der Waals surface area contributed by atoms with Gasteiger partial charge in [0.25, 0.3) is 11.1 Å². The summed E-state index contributed by atoms with van der Waals surface area (Å²) in [5, 5.41) is 6.18. The number of aromatic nitrogens is 4. The first-order valence-electron chi connectivity index (χ1n) is 13.5. The van der Waals surface area contributed by atoms with Gasteiger partial charge in [0.05, 0.1) is 35.7 Å². The molecule has 5 aromatic rings. The van der Waals surface area contributed by atoms with E-state index in [1.807, 2.05) is 0 Å². The van der Waals surface area contributed by atoms with Crippen molar-refractivity contribution in [2.24, 2.45) is 0 Å². The number of carbonyl (C=O) groups is 2. The summed E-state index contributed by atoms with van der Waals surface area (Å²) in [4.78, 5) is 55.4. The lowest BCUT2D eigenvalue weighted by Crippen LogP contribution is -2.27. The Morgan fingerprint density at radius 1 is 0.705 bits per heavy atom. The van der Waals surface area contributed by atoms with Gasteiger partial charge >= 0.3 is 11.9 Å². The molecule has 226 valence electrons. The quantitative estimate of drug-likeness (QED) is 0.169. The van der Waals surface area contributed by atoms with E-state index in [1.54, 1.807) is 86.6 Å². The summed E-state index contributed by atoms with van der Waals surface area (Å²) >= 11 is 13.0. The minimum absolute atomic E-state index is 0.0317. The molecule has 0 spiro atoms. The molecule has 0 radical (unpaired) electrons. The second kappa shape index (κ2) is 13.2. The molecular formula is C31H25Br2ClN4O6. The normalized spacial score (nSPS) is 11.1. The molecule has 0 bridgehead atoms. The summed E-state index contributed by atoms with van der Waals surface area (Å²) in [5.74, 6) is -2.85. The van der Waals surface area contributed by atoms with Crippen LogP contribution in [0.25, 0.3) is 11.4 Å². The molecule has 0 aliphatic carbocycles. The van der Waals surface area contributed by atoms with E-state index in [-0.39, 0.29) is 35.7 Å². The molecule has 0 fully saturated rings. The number of esters is 2. The number of nitrogens with zero attached hydrogens (tertiary/aromatic N) is 2. The van der Waals surface area contributed by atoms with Crippen LogP contribution in [0.15, 0.2) is 91.3 Å². The molecule has 2 aromatic heterocycles. The van der Waals surface area contributed by atoms with E-state index in [0.29, 0.717) is 22.0 Å². The third-order valence-corrected chi connectivity index (χ3v) is 8.07. The first-order chi connectivity index (χ1) is 21.1. The Kier molecular flexibility index (Phi) is 9.42. The smallest absolute Gasteiger partial charge is 0.356 e. The van der Waals surface area contributed by atoms with Crippen LogP contribution in [0.2, 0.25) is 5.02 Å². The predicted octanol–water partition coefficient (Wildman–Crippen LogP) is 6.36. The lowest BCUT2D eigenvalue weighted by Gasteiger charge is -2.17. The van der Waals surface area contributed by atoms with Crippen molar-refractivity contribution in [3.05, 3.63) is 136 Å². The van der Waals surface area contributed by atoms with E-state index in [9.17, 15) is 19.2 Å². The van der Waals surface area contributed by atoms with E-state index < -0.39 is 29.0 Å². The van der Waals surface area contributed by atoms with Gasteiger partial charge in [-0.25, -0.2) is 19.0 Å². The largest absolute Gasteiger partial charge is 0.461 e.